The van der Waals surface area contributed by atoms with E-state index in [9.17, 15) is 4.79 Å². The summed E-state index contributed by atoms with van der Waals surface area (Å²) in [5.41, 5.74) is 8.86. The molecule has 0 aliphatic rings. The van der Waals surface area contributed by atoms with E-state index in [1.54, 1.807) is 6.33 Å². The molecule has 0 amide bonds. The lowest BCUT2D eigenvalue weighted by atomic mass is 10.2. The fraction of sp³-hybridized carbons (Fsp3) is 0.200. The molecule has 5 nitrogen and oxygen atoms in total. The van der Waals surface area contributed by atoms with E-state index in [4.69, 9.17) is 10.5 Å². The summed E-state index contributed by atoms with van der Waals surface area (Å²) >= 11 is 0. The van der Waals surface area contributed by atoms with Crippen molar-refractivity contribution in [3.63, 3.8) is 0 Å². The Morgan fingerprint density at radius 1 is 1.04 bits per heavy atom. The van der Waals surface area contributed by atoms with E-state index in [-0.39, 0.29) is 6.61 Å². The van der Waals surface area contributed by atoms with E-state index in [2.05, 4.69) is 17.1 Å². The molecule has 0 fully saturated rings. The van der Waals surface area contributed by atoms with Crippen molar-refractivity contribution in [1.29, 1.82) is 0 Å². The molecule has 0 unspecified atom stereocenters. The van der Waals surface area contributed by atoms with Crippen molar-refractivity contribution in [2.75, 3.05) is 0 Å². The zero-order chi connectivity index (χ0) is 17.5. The van der Waals surface area contributed by atoms with Gasteiger partial charge in [0.25, 0.3) is 0 Å². The van der Waals surface area contributed by atoms with Gasteiger partial charge in [-0.15, -0.1) is 0 Å². The molecule has 1 heterocycles. The third-order valence-corrected chi connectivity index (χ3v) is 3.85. The maximum absolute atomic E-state index is 12.0. The van der Waals surface area contributed by atoms with Crippen molar-refractivity contribution in [2.24, 2.45) is 5.73 Å². The summed E-state index contributed by atoms with van der Waals surface area (Å²) in [6.45, 7) is 0.970. The zero-order valence-electron chi connectivity index (χ0n) is 13.9. The molecule has 0 aliphatic carbocycles. The second-order valence-electron chi connectivity index (χ2n) is 5.93. The fourth-order valence-electron chi connectivity index (χ4n) is 2.54. The van der Waals surface area contributed by atoms with E-state index in [1.807, 2.05) is 59.3 Å². The molecule has 1 aromatic heterocycles. The highest BCUT2D eigenvalue weighted by Crippen LogP contribution is 2.07. The summed E-state index contributed by atoms with van der Waals surface area (Å²) in [7, 11) is 0. The average Bonchev–Trinajstić information content (AvgIpc) is 3.08. The van der Waals surface area contributed by atoms with Crippen molar-refractivity contribution in [3.8, 4) is 0 Å². The van der Waals surface area contributed by atoms with Crippen LogP contribution < -0.4 is 5.73 Å². The highest BCUT2D eigenvalue weighted by molar-refractivity contribution is 5.75. The smallest absolute Gasteiger partial charge is 0.323 e. The number of aromatic nitrogens is 2. The number of rotatable bonds is 7. The van der Waals surface area contributed by atoms with Crippen LogP contribution in [0.25, 0.3) is 0 Å². The van der Waals surface area contributed by atoms with Gasteiger partial charge in [0.05, 0.1) is 12.0 Å². The van der Waals surface area contributed by atoms with Gasteiger partial charge in [0.2, 0.25) is 0 Å². The number of ether oxygens (including phenoxy) is 1. The Morgan fingerprint density at radius 2 is 1.68 bits per heavy atom. The lowest BCUT2D eigenvalue weighted by molar-refractivity contribution is -0.146. The highest BCUT2D eigenvalue weighted by atomic mass is 16.5. The Kier molecular flexibility index (Phi) is 5.59. The van der Waals surface area contributed by atoms with Crippen LogP contribution in [0.15, 0.2) is 73.2 Å². The zero-order valence-corrected chi connectivity index (χ0v) is 13.9. The van der Waals surface area contributed by atoms with E-state index in [0.717, 1.165) is 17.8 Å². The maximum atomic E-state index is 12.0. The average molecular weight is 335 g/mol. The van der Waals surface area contributed by atoms with Crippen LogP contribution in [0.1, 0.15) is 16.8 Å². The number of esters is 1. The topological polar surface area (TPSA) is 70.1 Å². The van der Waals surface area contributed by atoms with Gasteiger partial charge in [-0.1, -0.05) is 60.7 Å². The SMILES string of the molecule is N[C@@H](Cc1cn(Cc2ccccc2)cn1)C(=O)OCc1ccccc1. The van der Waals surface area contributed by atoms with Gasteiger partial charge in [-0.3, -0.25) is 4.79 Å². The molecule has 0 aliphatic heterocycles. The first-order chi connectivity index (χ1) is 12.2. The standard InChI is InChI=1S/C20H21N3O2/c21-19(20(24)25-14-17-9-5-2-6-10-17)11-18-13-23(15-22-18)12-16-7-3-1-4-8-16/h1-10,13,15,19H,11-12,14,21H2/t19-/m0/s1. The highest BCUT2D eigenvalue weighted by Gasteiger charge is 2.17. The first-order valence-electron chi connectivity index (χ1n) is 8.21. The summed E-state index contributed by atoms with van der Waals surface area (Å²) in [5, 5.41) is 0. The van der Waals surface area contributed by atoms with Gasteiger partial charge < -0.3 is 15.0 Å². The molecule has 2 N–H and O–H groups in total. The lowest BCUT2D eigenvalue weighted by Gasteiger charge is -2.10. The molecule has 0 spiro atoms. The number of carbonyl (C=O) groups is 1. The number of hydrogen-bond donors (Lipinski definition) is 1. The lowest BCUT2D eigenvalue weighted by Crippen LogP contribution is -2.34. The van der Waals surface area contributed by atoms with E-state index >= 15 is 0 Å². The molecule has 3 rings (SSSR count). The quantitative estimate of drug-likeness (QED) is 0.674. The first kappa shape index (κ1) is 16.9. The Bertz CT molecular complexity index is 800. The van der Waals surface area contributed by atoms with Crippen molar-refractivity contribution in [3.05, 3.63) is 90.0 Å². The number of benzene rings is 2. The molecule has 3 aromatic rings. The van der Waals surface area contributed by atoms with Gasteiger partial charge in [-0.25, -0.2) is 4.98 Å². The monoisotopic (exact) mass is 335 g/mol. The van der Waals surface area contributed by atoms with Crippen LogP contribution in [0.4, 0.5) is 0 Å². The molecule has 0 radical (unpaired) electrons. The van der Waals surface area contributed by atoms with Gasteiger partial charge >= 0.3 is 5.97 Å². The molecule has 0 bridgehead atoms. The molecule has 0 saturated carbocycles. The molecule has 5 heteroatoms. The predicted octanol–water partition coefficient (Wildman–Crippen LogP) is 2.54. The normalized spacial score (nSPS) is 11.9. The summed E-state index contributed by atoms with van der Waals surface area (Å²) in [6, 6.07) is 18.9. The number of nitrogens with two attached hydrogens (primary N) is 1. The fourth-order valence-corrected chi connectivity index (χ4v) is 2.54. The Morgan fingerprint density at radius 3 is 2.36 bits per heavy atom. The van der Waals surface area contributed by atoms with Crippen molar-refractivity contribution in [2.45, 2.75) is 25.6 Å². The number of imidazole rings is 1. The molecule has 25 heavy (non-hydrogen) atoms. The predicted molar refractivity (Wildman–Crippen MR) is 95.7 cm³/mol. The molecular formula is C20H21N3O2. The Balaban J connectivity index is 1.50. The van der Waals surface area contributed by atoms with Gasteiger partial charge in [0.15, 0.2) is 0 Å². The van der Waals surface area contributed by atoms with Crippen LogP contribution in [0, 0.1) is 0 Å². The third-order valence-electron chi connectivity index (χ3n) is 3.85. The van der Waals surface area contributed by atoms with E-state index < -0.39 is 12.0 Å². The van der Waals surface area contributed by atoms with Crippen molar-refractivity contribution >= 4 is 5.97 Å². The molecule has 0 saturated heterocycles. The van der Waals surface area contributed by atoms with Crippen LogP contribution in [0.2, 0.25) is 0 Å². The van der Waals surface area contributed by atoms with Crippen molar-refractivity contribution < 1.29 is 9.53 Å². The molecule has 1 atom stereocenters. The van der Waals surface area contributed by atoms with Gasteiger partial charge in [-0.05, 0) is 11.1 Å². The van der Waals surface area contributed by atoms with Gasteiger partial charge in [0, 0.05) is 19.2 Å². The molecular weight excluding hydrogens is 314 g/mol. The Hall–Kier alpha value is -2.92. The number of hydrogen-bond acceptors (Lipinski definition) is 4. The van der Waals surface area contributed by atoms with Crippen LogP contribution in [-0.4, -0.2) is 21.6 Å². The largest absolute Gasteiger partial charge is 0.460 e. The van der Waals surface area contributed by atoms with Crippen LogP contribution in [-0.2, 0) is 29.1 Å². The van der Waals surface area contributed by atoms with E-state index in [1.165, 1.54) is 5.56 Å². The van der Waals surface area contributed by atoms with Crippen LogP contribution in [0.3, 0.4) is 0 Å². The molecule has 2 aromatic carbocycles. The summed E-state index contributed by atoms with van der Waals surface area (Å²) in [6.07, 6.45) is 4.02. The summed E-state index contributed by atoms with van der Waals surface area (Å²) in [5.74, 6) is -0.415. The number of carbonyl (C=O) groups excluding carboxylic acids is 1. The third kappa shape index (κ3) is 5.02. The minimum atomic E-state index is -0.719. The van der Waals surface area contributed by atoms with Crippen molar-refractivity contribution in [1.82, 2.24) is 9.55 Å². The Labute approximate surface area is 147 Å². The van der Waals surface area contributed by atoms with Gasteiger partial charge in [-0.2, -0.15) is 0 Å². The second kappa shape index (κ2) is 8.26. The van der Waals surface area contributed by atoms with E-state index in [0.29, 0.717) is 6.42 Å². The summed E-state index contributed by atoms with van der Waals surface area (Å²) in [4.78, 5) is 16.4. The maximum Gasteiger partial charge on any atom is 0.323 e. The van der Waals surface area contributed by atoms with Crippen LogP contribution in [0.5, 0.6) is 0 Å². The first-order valence-corrected chi connectivity index (χ1v) is 8.21. The minimum Gasteiger partial charge on any atom is -0.460 e. The minimum absolute atomic E-state index is 0.232. The second-order valence-corrected chi connectivity index (χ2v) is 5.93. The van der Waals surface area contributed by atoms with Crippen LogP contribution >= 0.6 is 0 Å². The molecule has 128 valence electrons. The van der Waals surface area contributed by atoms with Gasteiger partial charge in [0.1, 0.15) is 12.6 Å². The summed E-state index contributed by atoms with van der Waals surface area (Å²) < 4.78 is 7.24. The number of nitrogens with zero attached hydrogens (tertiary/aromatic N) is 2.